The van der Waals surface area contributed by atoms with Crippen LogP contribution in [0.25, 0.3) is 0 Å². The first-order chi connectivity index (χ1) is 9.08. The standard InChI is InChI=1S/C9H10N6O3S/c10-14-8-2-6(15(17)18)1-7(13-8)11-3-5-4-19-9(16)12-5/h1-2,4H,3,10H2,(H,12,16)(H2,11,13,14). The van der Waals surface area contributed by atoms with Crippen molar-refractivity contribution >= 4 is 28.7 Å². The van der Waals surface area contributed by atoms with Crippen molar-refractivity contribution in [2.45, 2.75) is 6.54 Å². The number of hydrogen-bond acceptors (Lipinski definition) is 8. The summed E-state index contributed by atoms with van der Waals surface area (Å²) in [6.45, 7) is 0.302. The number of nitrogens with one attached hydrogen (secondary N) is 3. The van der Waals surface area contributed by atoms with Gasteiger partial charge in [-0.3, -0.25) is 14.9 Å². The van der Waals surface area contributed by atoms with Gasteiger partial charge in [0.25, 0.3) is 5.69 Å². The van der Waals surface area contributed by atoms with Crippen molar-refractivity contribution in [3.05, 3.63) is 43.0 Å². The van der Waals surface area contributed by atoms with Gasteiger partial charge in [-0.1, -0.05) is 11.3 Å². The number of aromatic amines is 1. The summed E-state index contributed by atoms with van der Waals surface area (Å²) in [4.78, 5) is 27.6. The molecular formula is C9H10N6O3S. The van der Waals surface area contributed by atoms with E-state index in [2.05, 4.69) is 20.7 Å². The van der Waals surface area contributed by atoms with Gasteiger partial charge in [-0.05, 0) is 0 Å². The highest BCUT2D eigenvalue weighted by molar-refractivity contribution is 7.07. The van der Waals surface area contributed by atoms with Gasteiger partial charge in [0.05, 0.1) is 23.6 Å². The zero-order valence-corrected chi connectivity index (χ0v) is 10.4. The van der Waals surface area contributed by atoms with Crippen LogP contribution in [0.1, 0.15) is 5.69 Å². The van der Waals surface area contributed by atoms with Crippen LogP contribution >= 0.6 is 11.3 Å². The highest BCUT2D eigenvalue weighted by atomic mass is 32.1. The van der Waals surface area contributed by atoms with Crippen molar-refractivity contribution in [2.24, 2.45) is 5.84 Å². The third-order valence-corrected chi connectivity index (χ3v) is 2.92. The molecule has 2 heterocycles. The zero-order valence-electron chi connectivity index (χ0n) is 9.54. The minimum Gasteiger partial charge on any atom is -0.364 e. The molecule has 0 spiro atoms. The van der Waals surface area contributed by atoms with Crippen LogP contribution in [0.5, 0.6) is 0 Å². The molecule has 10 heteroatoms. The number of hydrazine groups is 1. The first kappa shape index (κ1) is 13.0. The molecule has 2 aromatic rings. The van der Waals surface area contributed by atoms with Gasteiger partial charge < -0.3 is 15.7 Å². The van der Waals surface area contributed by atoms with E-state index in [1.54, 1.807) is 5.38 Å². The van der Waals surface area contributed by atoms with Gasteiger partial charge in [-0.25, -0.2) is 10.8 Å². The van der Waals surface area contributed by atoms with E-state index in [9.17, 15) is 14.9 Å². The Kier molecular flexibility index (Phi) is 3.73. The predicted molar refractivity (Wildman–Crippen MR) is 71.0 cm³/mol. The first-order valence-electron chi connectivity index (χ1n) is 5.12. The van der Waals surface area contributed by atoms with Gasteiger partial charge in [0.1, 0.15) is 11.6 Å². The molecular weight excluding hydrogens is 272 g/mol. The molecule has 0 aromatic carbocycles. The molecule has 9 nitrogen and oxygen atoms in total. The van der Waals surface area contributed by atoms with E-state index in [0.29, 0.717) is 12.2 Å². The number of aromatic nitrogens is 2. The molecule has 0 unspecified atom stereocenters. The van der Waals surface area contributed by atoms with Crippen LogP contribution in [0.15, 0.2) is 22.3 Å². The van der Waals surface area contributed by atoms with E-state index in [1.807, 2.05) is 0 Å². The van der Waals surface area contributed by atoms with Gasteiger partial charge in [0, 0.05) is 11.1 Å². The molecule has 2 rings (SSSR count). The van der Waals surface area contributed by atoms with Crippen LogP contribution in [-0.2, 0) is 6.54 Å². The summed E-state index contributed by atoms with van der Waals surface area (Å²) < 4.78 is 0. The maximum absolute atomic E-state index is 10.9. The summed E-state index contributed by atoms with van der Waals surface area (Å²) in [7, 11) is 0. The molecule has 19 heavy (non-hydrogen) atoms. The fraction of sp³-hybridized carbons (Fsp3) is 0.111. The van der Waals surface area contributed by atoms with Crippen molar-refractivity contribution in [3.63, 3.8) is 0 Å². The number of nitrogens with zero attached hydrogens (tertiary/aromatic N) is 2. The molecule has 0 aliphatic carbocycles. The number of rotatable bonds is 5. The number of anilines is 2. The van der Waals surface area contributed by atoms with Crippen LogP contribution in [0.3, 0.4) is 0 Å². The van der Waals surface area contributed by atoms with E-state index >= 15 is 0 Å². The van der Waals surface area contributed by atoms with Gasteiger partial charge in [-0.2, -0.15) is 0 Å². The maximum atomic E-state index is 10.9. The van der Waals surface area contributed by atoms with Crippen molar-refractivity contribution in [2.75, 3.05) is 10.7 Å². The normalized spacial score (nSPS) is 10.2. The van der Waals surface area contributed by atoms with Crippen LogP contribution in [-0.4, -0.2) is 14.9 Å². The third kappa shape index (κ3) is 3.26. The fourth-order valence-electron chi connectivity index (χ4n) is 1.37. The summed E-state index contributed by atoms with van der Waals surface area (Å²) >= 11 is 1.04. The molecule has 0 aliphatic heterocycles. The molecule has 0 bridgehead atoms. The Morgan fingerprint density at radius 2 is 2.21 bits per heavy atom. The van der Waals surface area contributed by atoms with Crippen molar-refractivity contribution in [1.29, 1.82) is 0 Å². The Bertz CT molecular complexity index is 651. The Morgan fingerprint density at radius 1 is 1.47 bits per heavy atom. The predicted octanol–water partition coefficient (Wildman–Crippen LogP) is 0.637. The van der Waals surface area contributed by atoms with Crippen molar-refractivity contribution in [1.82, 2.24) is 9.97 Å². The van der Waals surface area contributed by atoms with Crippen LogP contribution in [0.2, 0.25) is 0 Å². The van der Waals surface area contributed by atoms with Gasteiger partial charge in [0.2, 0.25) is 0 Å². The molecule has 100 valence electrons. The topological polar surface area (TPSA) is 139 Å². The Morgan fingerprint density at radius 3 is 2.79 bits per heavy atom. The average Bonchev–Trinajstić information content (AvgIpc) is 2.81. The largest absolute Gasteiger partial charge is 0.364 e. The SMILES string of the molecule is NNc1cc([N+](=O)[O-])cc(NCc2csc(=O)[nH]2)n1. The molecule has 0 saturated heterocycles. The Labute approximate surface area is 110 Å². The second kappa shape index (κ2) is 5.46. The van der Waals surface area contributed by atoms with E-state index in [4.69, 9.17) is 5.84 Å². The summed E-state index contributed by atoms with van der Waals surface area (Å²) in [5.74, 6) is 5.65. The van der Waals surface area contributed by atoms with E-state index in [1.165, 1.54) is 12.1 Å². The van der Waals surface area contributed by atoms with E-state index in [-0.39, 0.29) is 22.2 Å². The second-order valence-corrected chi connectivity index (χ2v) is 4.37. The zero-order chi connectivity index (χ0) is 13.8. The summed E-state index contributed by atoms with van der Waals surface area (Å²) in [5.41, 5.74) is 2.79. The molecule has 0 atom stereocenters. The van der Waals surface area contributed by atoms with Crippen LogP contribution in [0.4, 0.5) is 17.3 Å². The molecule has 0 radical (unpaired) electrons. The number of H-pyrrole nitrogens is 1. The molecule has 2 aromatic heterocycles. The first-order valence-corrected chi connectivity index (χ1v) is 6.00. The minimum absolute atomic E-state index is 0.135. The average molecular weight is 282 g/mol. The Hall–Kier alpha value is -2.46. The van der Waals surface area contributed by atoms with Crippen LogP contribution in [0, 0.1) is 10.1 Å². The smallest absolute Gasteiger partial charge is 0.304 e. The monoisotopic (exact) mass is 282 g/mol. The summed E-state index contributed by atoms with van der Waals surface area (Å²) in [5, 5.41) is 15.3. The lowest BCUT2D eigenvalue weighted by molar-refractivity contribution is -0.384. The number of nitrogen functional groups attached to an aromatic ring is 1. The van der Waals surface area contributed by atoms with E-state index in [0.717, 1.165) is 11.3 Å². The second-order valence-electron chi connectivity index (χ2n) is 3.52. The number of pyridine rings is 1. The number of nitro groups is 1. The molecule has 5 N–H and O–H groups in total. The maximum Gasteiger partial charge on any atom is 0.304 e. The number of nitrogens with two attached hydrogens (primary N) is 1. The molecule has 0 aliphatic rings. The molecule has 0 saturated carbocycles. The third-order valence-electron chi connectivity index (χ3n) is 2.20. The quantitative estimate of drug-likeness (QED) is 0.358. The van der Waals surface area contributed by atoms with Crippen LogP contribution < -0.4 is 21.5 Å². The van der Waals surface area contributed by atoms with Crippen molar-refractivity contribution in [3.8, 4) is 0 Å². The highest BCUT2D eigenvalue weighted by Gasteiger charge is 2.10. The van der Waals surface area contributed by atoms with Gasteiger partial charge >= 0.3 is 4.87 Å². The highest BCUT2D eigenvalue weighted by Crippen LogP contribution is 2.20. The number of thiazole rings is 1. The minimum atomic E-state index is -0.542. The lowest BCUT2D eigenvalue weighted by Gasteiger charge is -2.06. The van der Waals surface area contributed by atoms with Gasteiger partial charge in [0.15, 0.2) is 0 Å². The fourth-order valence-corrected chi connectivity index (χ4v) is 1.95. The number of hydrogen-bond donors (Lipinski definition) is 4. The Balaban J connectivity index is 2.17. The summed E-state index contributed by atoms with van der Waals surface area (Å²) in [6, 6.07) is 2.50. The molecule has 0 fully saturated rings. The van der Waals surface area contributed by atoms with Gasteiger partial charge in [-0.15, -0.1) is 0 Å². The summed E-state index contributed by atoms with van der Waals surface area (Å²) in [6.07, 6.45) is 0. The lowest BCUT2D eigenvalue weighted by Crippen LogP contribution is -2.11. The molecule has 0 amide bonds. The van der Waals surface area contributed by atoms with Crippen molar-refractivity contribution < 1.29 is 4.92 Å². The lowest BCUT2D eigenvalue weighted by atomic mass is 10.3. The van der Waals surface area contributed by atoms with E-state index < -0.39 is 4.92 Å².